The molecule has 4 N–H and O–H groups in total. The number of anilines is 2. The first-order valence-electron chi connectivity index (χ1n) is 5.81. The summed E-state index contributed by atoms with van der Waals surface area (Å²) in [6.07, 6.45) is 1.36. The third-order valence-electron chi connectivity index (χ3n) is 3.01. The van der Waals surface area contributed by atoms with E-state index in [4.69, 9.17) is 10.5 Å². The van der Waals surface area contributed by atoms with E-state index in [2.05, 4.69) is 10.3 Å². The molecule has 0 unspecified atom stereocenters. The first-order chi connectivity index (χ1) is 8.04. The van der Waals surface area contributed by atoms with Gasteiger partial charge >= 0.3 is 0 Å². The predicted molar refractivity (Wildman–Crippen MR) is 69.2 cm³/mol. The van der Waals surface area contributed by atoms with Crippen molar-refractivity contribution in [1.82, 2.24) is 4.98 Å². The lowest BCUT2D eigenvalue weighted by atomic mass is 9.98. The van der Waals surface area contributed by atoms with Crippen LogP contribution in [0.4, 0.5) is 11.5 Å². The molecule has 96 valence electrons. The van der Waals surface area contributed by atoms with Crippen LogP contribution in [0.5, 0.6) is 5.88 Å². The minimum absolute atomic E-state index is 0.421. The lowest BCUT2D eigenvalue weighted by Gasteiger charge is -2.26. The minimum Gasteiger partial charge on any atom is -0.481 e. The van der Waals surface area contributed by atoms with Crippen molar-refractivity contribution in [2.45, 2.75) is 32.3 Å². The Balaban J connectivity index is 2.74. The van der Waals surface area contributed by atoms with Gasteiger partial charge in [-0.15, -0.1) is 0 Å². The van der Waals surface area contributed by atoms with Gasteiger partial charge in [-0.3, -0.25) is 0 Å². The number of nitrogen functional groups attached to an aromatic ring is 1. The largest absolute Gasteiger partial charge is 0.481 e. The normalized spacial score (nSPS) is 11.3. The van der Waals surface area contributed by atoms with Crippen molar-refractivity contribution < 1.29 is 9.84 Å². The van der Waals surface area contributed by atoms with Crippen LogP contribution in [-0.4, -0.2) is 29.3 Å². The van der Waals surface area contributed by atoms with E-state index in [0.29, 0.717) is 36.8 Å². The maximum Gasteiger partial charge on any atom is 0.215 e. The SMILES string of the molecule is CCC(O)(CC)CNc1nc(OC)ccc1N. The summed E-state index contributed by atoms with van der Waals surface area (Å²) in [5, 5.41) is 13.2. The molecule has 0 saturated carbocycles. The summed E-state index contributed by atoms with van der Waals surface area (Å²) in [5.74, 6) is 1.04. The summed E-state index contributed by atoms with van der Waals surface area (Å²) >= 11 is 0. The van der Waals surface area contributed by atoms with Gasteiger partial charge in [0.25, 0.3) is 0 Å². The Bertz CT molecular complexity index is 365. The summed E-state index contributed by atoms with van der Waals surface area (Å²) in [6, 6.07) is 3.43. The van der Waals surface area contributed by atoms with Gasteiger partial charge in [0, 0.05) is 12.6 Å². The van der Waals surface area contributed by atoms with Crippen molar-refractivity contribution in [2.75, 3.05) is 24.7 Å². The molecule has 5 heteroatoms. The number of ether oxygens (including phenoxy) is 1. The van der Waals surface area contributed by atoms with Gasteiger partial charge in [-0.1, -0.05) is 13.8 Å². The van der Waals surface area contributed by atoms with Crippen LogP contribution in [0, 0.1) is 0 Å². The molecule has 1 aromatic rings. The smallest absolute Gasteiger partial charge is 0.215 e. The monoisotopic (exact) mass is 239 g/mol. The van der Waals surface area contributed by atoms with Gasteiger partial charge in [-0.05, 0) is 18.9 Å². The molecular formula is C12H21N3O2. The van der Waals surface area contributed by atoms with Crippen LogP contribution in [0.2, 0.25) is 0 Å². The second-order valence-corrected chi connectivity index (χ2v) is 4.08. The van der Waals surface area contributed by atoms with Gasteiger partial charge in [0.15, 0.2) is 5.82 Å². The zero-order chi connectivity index (χ0) is 12.9. The van der Waals surface area contributed by atoms with Crippen LogP contribution in [-0.2, 0) is 0 Å². The summed E-state index contributed by atoms with van der Waals surface area (Å²) < 4.78 is 5.03. The van der Waals surface area contributed by atoms with Gasteiger partial charge in [0.2, 0.25) is 5.88 Å². The Kier molecular flexibility index (Phi) is 4.57. The van der Waals surface area contributed by atoms with Crippen molar-refractivity contribution in [2.24, 2.45) is 0 Å². The van der Waals surface area contributed by atoms with E-state index in [1.165, 1.54) is 0 Å². The number of nitrogens with one attached hydrogen (secondary N) is 1. The number of aliphatic hydroxyl groups is 1. The van der Waals surface area contributed by atoms with Crippen LogP contribution in [0.3, 0.4) is 0 Å². The van der Waals surface area contributed by atoms with Crippen LogP contribution in [0.1, 0.15) is 26.7 Å². The Morgan fingerprint density at radius 1 is 1.41 bits per heavy atom. The molecule has 1 rings (SSSR count). The fraction of sp³-hybridized carbons (Fsp3) is 0.583. The van der Waals surface area contributed by atoms with Gasteiger partial charge < -0.3 is 20.9 Å². The molecule has 0 atom stereocenters. The molecule has 0 aliphatic heterocycles. The lowest BCUT2D eigenvalue weighted by Crippen LogP contribution is -2.35. The van der Waals surface area contributed by atoms with Crippen LogP contribution in [0.15, 0.2) is 12.1 Å². The number of methoxy groups -OCH3 is 1. The topological polar surface area (TPSA) is 80.4 Å². The number of pyridine rings is 1. The second-order valence-electron chi connectivity index (χ2n) is 4.08. The number of aromatic nitrogens is 1. The van der Waals surface area contributed by atoms with E-state index >= 15 is 0 Å². The molecule has 5 nitrogen and oxygen atoms in total. The fourth-order valence-corrected chi connectivity index (χ4v) is 1.46. The average molecular weight is 239 g/mol. The Labute approximate surface area is 102 Å². The van der Waals surface area contributed by atoms with E-state index in [1.54, 1.807) is 19.2 Å². The highest BCUT2D eigenvalue weighted by Crippen LogP contribution is 2.21. The Morgan fingerprint density at radius 3 is 2.59 bits per heavy atom. The van der Waals surface area contributed by atoms with E-state index in [0.717, 1.165) is 0 Å². The molecule has 0 aliphatic carbocycles. The standard InChI is InChI=1S/C12H21N3O2/c1-4-12(16,5-2)8-14-11-9(13)6-7-10(15-11)17-3/h6-7,16H,4-5,8,13H2,1-3H3,(H,14,15). The maximum absolute atomic E-state index is 10.1. The zero-order valence-corrected chi connectivity index (χ0v) is 10.7. The van der Waals surface area contributed by atoms with Crippen molar-refractivity contribution in [3.63, 3.8) is 0 Å². The molecule has 0 spiro atoms. The molecule has 0 fully saturated rings. The van der Waals surface area contributed by atoms with E-state index in [9.17, 15) is 5.11 Å². The zero-order valence-electron chi connectivity index (χ0n) is 10.7. The molecule has 0 aromatic carbocycles. The Hall–Kier alpha value is -1.49. The van der Waals surface area contributed by atoms with Crippen molar-refractivity contribution in [3.8, 4) is 5.88 Å². The number of nitrogens with two attached hydrogens (primary N) is 1. The summed E-state index contributed by atoms with van der Waals surface area (Å²) in [6.45, 7) is 4.32. The van der Waals surface area contributed by atoms with Crippen molar-refractivity contribution >= 4 is 11.5 Å². The molecule has 0 saturated heterocycles. The maximum atomic E-state index is 10.1. The van der Waals surface area contributed by atoms with Gasteiger partial charge in [-0.2, -0.15) is 4.98 Å². The highest BCUT2D eigenvalue weighted by molar-refractivity contribution is 5.62. The third-order valence-corrected chi connectivity index (χ3v) is 3.01. The highest BCUT2D eigenvalue weighted by Gasteiger charge is 2.22. The van der Waals surface area contributed by atoms with E-state index in [-0.39, 0.29) is 0 Å². The van der Waals surface area contributed by atoms with Crippen LogP contribution in [0.25, 0.3) is 0 Å². The Morgan fingerprint density at radius 2 is 2.06 bits per heavy atom. The van der Waals surface area contributed by atoms with Crippen LogP contribution < -0.4 is 15.8 Å². The van der Waals surface area contributed by atoms with E-state index < -0.39 is 5.60 Å². The highest BCUT2D eigenvalue weighted by atomic mass is 16.5. The molecule has 0 bridgehead atoms. The third kappa shape index (κ3) is 3.49. The molecule has 0 aliphatic rings. The predicted octanol–water partition coefficient (Wildman–Crippen LogP) is 1.64. The summed E-state index contributed by atoms with van der Waals surface area (Å²) in [7, 11) is 1.55. The summed E-state index contributed by atoms with van der Waals surface area (Å²) in [5.41, 5.74) is 5.61. The molecule has 1 heterocycles. The van der Waals surface area contributed by atoms with Crippen molar-refractivity contribution in [3.05, 3.63) is 12.1 Å². The summed E-state index contributed by atoms with van der Waals surface area (Å²) in [4.78, 5) is 4.19. The molecule has 0 radical (unpaired) electrons. The number of hydrogen-bond donors (Lipinski definition) is 3. The quantitative estimate of drug-likeness (QED) is 0.703. The second kappa shape index (κ2) is 5.72. The average Bonchev–Trinajstić information content (AvgIpc) is 2.37. The van der Waals surface area contributed by atoms with Crippen LogP contribution >= 0.6 is 0 Å². The number of hydrogen-bond acceptors (Lipinski definition) is 5. The fourth-order valence-electron chi connectivity index (χ4n) is 1.46. The van der Waals surface area contributed by atoms with Crippen molar-refractivity contribution in [1.29, 1.82) is 0 Å². The van der Waals surface area contributed by atoms with Gasteiger partial charge in [0.05, 0.1) is 18.4 Å². The first kappa shape index (κ1) is 13.6. The molecule has 17 heavy (non-hydrogen) atoms. The van der Waals surface area contributed by atoms with E-state index in [1.807, 2.05) is 13.8 Å². The number of nitrogens with zero attached hydrogens (tertiary/aromatic N) is 1. The molecular weight excluding hydrogens is 218 g/mol. The lowest BCUT2D eigenvalue weighted by molar-refractivity contribution is 0.0456. The number of rotatable bonds is 6. The first-order valence-corrected chi connectivity index (χ1v) is 5.81. The minimum atomic E-state index is -0.725. The molecule has 0 amide bonds. The molecule has 1 aromatic heterocycles. The van der Waals surface area contributed by atoms with Gasteiger partial charge in [-0.25, -0.2) is 0 Å². The van der Waals surface area contributed by atoms with Gasteiger partial charge in [0.1, 0.15) is 0 Å².